The van der Waals surface area contributed by atoms with Gasteiger partial charge in [0, 0.05) is 35.4 Å². The number of nitrogens with two attached hydrogens (primary N) is 1. The van der Waals surface area contributed by atoms with E-state index in [2.05, 4.69) is 67.5 Å². The Hall–Kier alpha value is -2.67. The molecule has 0 aliphatic carbocycles. The average molecular weight is 413 g/mol. The molecule has 7 heteroatoms. The van der Waals surface area contributed by atoms with E-state index >= 15 is 0 Å². The van der Waals surface area contributed by atoms with Gasteiger partial charge in [0.25, 0.3) is 0 Å². The highest BCUT2D eigenvalue weighted by Crippen LogP contribution is 2.25. The maximum absolute atomic E-state index is 5.90. The summed E-state index contributed by atoms with van der Waals surface area (Å²) in [6.07, 6.45) is 1.76. The monoisotopic (exact) mass is 412 g/mol. The van der Waals surface area contributed by atoms with E-state index in [0.29, 0.717) is 18.9 Å². The van der Waals surface area contributed by atoms with Crippen molar-refractivity contribution in [2.45, 2.75) is 13.8 Å². The Bertz CT molecular complexity index is 895. The highest BCUT2D eigenvalue weighted by molar-refractivity contribution is 9.10. The van der Waals surface area contributed by atoms with Crippen LogP contribution in [0.25, 0.3) is 11.3 Å². The predicted octanol–water partition coefficient (Wildman–Crippen LogP) is 4.02. The van der Waals surface area contributed by atoms with Gasteiger partial charge in [-0.2, -0.15) is 4.98 Å². The maximum atomic E-state index is 5.90. The zero-order valence-electron chi connectivity index (χ0n) is 14.8. The lowest BCUT2D eigenvalue weighted by Crippen LogP contribution is -2.15. The van der Waals surface area contributed by atoms with Gasteiger partial charge in [-0.05, 0) is 53.0 Å². The van der Waals surface area contributed by atoms with Crippen molar-refractivity contribution >= 4 is 33.5 Å². The molecule has 0 bridgehead atoms. The Balaban J connectivity index is 1.66. The van der Waals surface area contributed by atoms with E-state index < -0.39 is 0 Å². The largest absolute Gasteiger partial charge is 0.368 e. The van der Waals surface area contributed by atoms with E-state index in [4.69, 9.17) is 5.73 Å². The van der Waals surface area contributed by atoms with E-state index in [1.807, 2.05) is 24.3 Å². The molecule has 0 atom stereocenters. The number of benzene rings is 1. The zero-order chi connectivity index (χ0) is 18.5. The maximum Gasteiger partial charge on any atom is 0.222 e. The molecule has 0 saturated heterocycles. The van der Waals surface area contributed by atoms with Gasteiger partial charge >= 0.3 is 0 Å². The van der Waals surface area contributed by atoms with Gasteiger partial charge in [0.1, 0.15) is 11.6 Å². The highest BCUT2D eigenvalue weighted by atomic mass is 79.9. The number of nitrogens with zero attached hydrogens (tertiary/aromatic N) is 3. The minimum Gasteiger partial charge on any atom is -0.368 e. The summed E-state index contributed by atoms with van der Waals surface area (Å²) in [5, 5.41) is 6.53. The first-order chi connectivity index (χ1) is 12.5. The van der Waals surface area contributed by atoms with E-state index in [0.717, 1.165) is 21.5 Å². The third-order valence-electron chi connectivity index (χ3n) is 4.09. The van der Waals surface area contributed by atoms with Gasteiger partial charge in [-0.15, -0.1) is 0 Å². The first-order valence-electron chi connectivity index (χ1n) is 8.33. The molecular weight excluding hydrogens is 392 g/mol. The zero-order valence-corrected chi connectivity index (χ0v) is 16.3. The number of hydrogen-bond donors (Lipinski definition) is 3. The van der Waals surface area contributed by atoms with Crippen LogP contribution in [0.5, 0.6) is 0 Å². The molecular formula is C19H21BrN6. The summed E-state index contributed by atoms with van der Waals surface area (Å²) in [6.45, 7) is 5.56. The Morgan fingerprint density at radius 1 is 1.00 bits per heavy atom. The molecule has 0 aliphatic rings. The molecule has 0 fully saturated rings. The van der Waals surface area contributed by atoms with Gasteiger partial charge in [-0.1, -0.05) is 18.2 Å². The van der Waals surface area contributed by atoms with Crippen LogP contribution in [0.15, 0.2) is 47.1 Å². The van der Waals surface area contributed by atoms with E-state index in [-0.39, 0.29) is 5.95 Å². The summed E-state index contributed by atoms with van der Waals surface area (Å²) < 4.78 is 0.955. The van der Waals surface area contributed by atoms with Crippen LogP contribution < -0.4 is 16.4 Å². The standard InChI is InChI=1S/C19H21BrN6/c1-12-4-3-5-15(13(12)2)16-10-18(26-19(21)25-16)23-9-8-22-17-7-6-14(20)11-24-17/h3-7,10-11H,8-9H2,1-2H3,(H,22,24)(H3,21,23,25,26). The number of nitrogens with one attached hydrogen (secondary N) is 2. The topological polar surface area (TPSA) is 88.8 Å². The molecule has 1 aromatic carbocycles. The van der Waals surface area contributed by atoms with Gasteiger partial charge in [0.15, 0.2) is 0 Å². The van der Waals surface area contributed by atoms with Crippen LogP contribution in [0.1, 0.15) is 11.1 Å². The summed E-state index contributed by atoms with van der Waals surface area (Å²) in [4.78, 5) is 12.9. The first-order valence-corrected chi connectivity index (χ1v) is 9.12. The minimum absolute atomic E-state index is 0.258. The molecule has 0 unspecified atom stereocenters. The molecule has 134 valence electrons. The molecule has 6 nitrogen and oxygen atoms in total. The summed E-state index contributed by atoms with van der Waals surface area (Å²) in [7, 11) is 0. The number of aryl methyl sites for hydroxylation is 1. The van der Waals surface area contributed by atoms with Crippen molar-refractivity contribution in [1.82, 2.24) is 15.0 Å². The molecule has 0 radical (unpaired) electrons. The second kappa shape index (κ2) is 8.14. The number of rotatable bonds is 6. The summed E-state index contributed by atoms with van der Waals surface area (Å²) >= 11 is 3.37. The summed E-state index contributed by atoms with van der Waals surface area (Å²) in [5.74, 6) is 1.79. The fraction of sp³-hybridized carbons (Fsp3) is 0.211. The van der Waals surface area contributed by atoms with Gasteiger partial charge in [-0.25, -0.2) is 9.97 Å². The second-order valence-corrected chi connectivity index (χ2v) is 6.87. The fourth-order valence-electron chi connectivity index (χ4n) is 2.58. The number of pyridine rings is 1. The lowest BCUT2D eigenvalue weighted by atomic mass is 10.0. The van der Waals surface area contributed by atoms with Crippen molar-refractivity contribution in [3.8, 4) is 11.3 Å². The molecule has 0 spiro atoms. The Morgan fingerprint density at radius 3 is 2.50 bits per heavy atom. The Morgan fingerprint density at radius 2 is 1.77 bits per heavy atom. The number of aromatic nitrogens is 3. The number of nitrogen functional groups attached to an aromatic ring is 1. The lowest BCUT2D eigenvalue weighted by Gasteiger charge is -2.12. The van der Waals surface area contributed by atoms with Crippen molar-refractivity contribution < 1.29 is 0 Å². The second-order valence-electron chi connectivity index (χ2n) is 5.96. The molecule has 2 aromatic heterocycles. The molecule has 0 aliphatic heterocycles. The van der Waals surface area contributed by atoms with Crippen LogP contribution in [-0.2, 0) is 0 Å². The van der Waals surface area contributed by atoms with Gasteiger partial charge in [0.2, 0.25) is 5.95 Å². The van der Waals surface area contributed by atoms with E-state index in [9.17, 15) is 0 Å². The summed E-state index contributed by atoms with van der Waals surface area (Å²) in [6, 6.07) is 12.0. The van der Waals surface area contributed by atoms with Crippen LogP contribution in [0.2, 0.25) is 0 Å². The third kappa shape index (κ3) is 4.49. The van der Waals surface area contributed by atoms with E-state index in [1.165, 1.54) is 11.1 Å². The van der Waals surface area contributed by atoms with Crippen molar-refractivity contribution in [2.75, 3.05) is 29.5 Å². The molecule has 3 aromatic rings. The number of halogens is 1. The SMILES string of the molecule is Cc1cccc(-c2cc(NCCNc3ccc(Br)cn3)nc(N)n2)c1C. The van der Waals surface area contributed by atoms with Crippen LogP contribution >= 0.6 is 15.9 Å². The van der Waals surface area contributed by atoms with Gasteiger partial charge in [-0.3, -0.25) is 0 Å². The summed E-state index contributed by atoms with van der Waals surface area (Å²) in [5.41, 5.74) is 10.2. The normalized spacial score (nSPS) is 10.6. The third-order valence-corrected chi connectivity index (χ3v) is 4.56. The number of hydrogen-bond acceptors (Lipinski definition) is 6. The Kier molecular flexibility index (Phi) is 5.68. The van der Waals surface area contributed by atoms with Crippen LogP contribution in [0, 0.1) is 13.8 Å². The van der Waals surface area contributed by atoms with Crippen molar-refractivity contribution in [2.24, 2.45) is 0 Å². The van der Waals surface area contributed by atoms with Crippen LogP contribution in [0.3, 0.4) is 0 Å². The molecule has 2 heterocycles. The van der Waals surface area contributed by atoms with Crippen molar-refractivity contribution in [1.29, 1.82) is 0 Å². The highest BCUT2D eigenvalue weighted by Gasteiger charge is 2.08. The number of anilines is 3. The van der Waals surface area contributed by atoms with Crippen molar-refractivity contribution in [3.63, 3.8) is 0 Å². The fourth-order valence-corrected chi connectivity index (χ4v) is 2.82. The predicted molar refractivity (Wildman–Crippen MR) is 110 cm³/mol. The molecule has 0 saturated carbocycles. The molecule has 0 amide bonds. The Labute approximate surface area is 161 Å². The molecule has 26 heavy (non-hydrogen) atoms. The van der Waals surface area contributed by atoms with Crippen LogP contribution in [0.4, 0.5) is 17.6 Å². The minimum atomic E-state index is 0.258. The smallest absolute Gasteiger partial charge is 0.222 e. The average Bonchev–Trinajstić information content (AvgIpc) is 2.62. The molecule has 4 N–H and O–H groups in total. The first kappa shape index (κ1) is 18.1. The van der Waals surface area contributed by atoms with Crippen molar-refractivity contribution in [3.05, 3.63) is 58.2 Å². The molecule has 3 rings (SSSR count). The van der Waals surface area contributed by atoms with Crippen LogP contribution in [-0.4, -0.2) is 28.0 Å². The van der Waals surface area contributed by atoms with E-state index in [1.54, 1.807) is 6.20 Å². The lowest BCUT2D eigenvalue weighted by molar-refractivity contribution is 1.04. The van der Waals surface area contributed by atoms with Gasteiger partial charge in [0.05, 0.1) is 5.69 Å². The van der Waals surface area contributed by atoms with Gasteiger partial charge < -0.3 is 16.4 Å². The quantitative estimate of drug-likeness (QED) is 0.529.